The van der Waals surface area contributed by atoms with Crippen molar-refractivity contribution in [3.63, 3.8) is 0 Å². The number of para-hydroxylation sites is 1. The average molecular weight is 278 g/mol. The summed E-state index contributed by atoms with van der Waals surface area (Å²) in [6.45, 7) is -0.818. The fourth-order valence-electron chi connectivity index (χ4n) is 1.66. The van der Waals surface area contributed by atoms with E-state index in [0.29, 0.717) is 5.69 Å². The number of nitrogens with zero attached hydrogens (tertiary/aromatic N) is 3. The molecule has 1 aromatic carbocycles. The van der Waals surface area contributed by atoms with Crippen molar-refractivity contribution in [2.75, 3.05) is 19.8 Å². The summed E-state index contributed by atoms with van der Waals surface area (Å²) < 4.78 is 0. The molecule has 1 aromatic heterocycles. The van der Waals surface area contributed by atoms with Crippen LogP contribution in [0.15, 0.2) is 36.5 Å². The monoisotopic (exact) mass is 278 g/mol. The van der Waals surface area contributed by atoms with Crippen molar-refractivity contribution in [3.8, 4) is 5.69 Å². The topological polar surface area (TPSA) is 103 Å². The Hall–Kier alpha value is -1.80. The van der Waals surface area contributed by atoms with Crippen LogP contribution in [0.4, 0.5) is 0 Å². The van der Waals surface area contributed by atoms with Crippen molar-refractivity contribution in [2.24, 2.45) is 0 Å². The smallest absolute Gasteiger partial charge is 0.0969 e. The van der Waals surface area contributed by atoms with E-state index in [0.717, 1.165) is 5.69 Å². The van der Waals surface area contributed by atoms with Gasteiger partial charge in [-0.2, -0.15) is 15.0 Å². The summed E-state index contributed by atoms with van der Waals surface area (Å²) in [6, 6.07) is 9.47. The molecule has 0 aliphatic carbocycles. The summed E-state index contributed by atoms with van der Waals surface area (Å²) in [5.74, 6) is 0. The maximum atomic E-state index is 9.21. The van der Waals surface area contributed by atoms with Gasteiger partial charge in [-0.15, -0.1) is 0 Å². The van der Waals surface area contributed by atoms with Gasteiger partial charge in [0, 0.05) is 6.54 Å². The largest absolute Gasteiger partial charge is 0.394 e. The number of nitrogens with one attached hydrogen (secondary N) is 1. The van der Waals surface area contributed by atoms with E-state index in [1.807, 2.05) is 30.3 Å². The summed E-state index contributed by atoms with van der Waals surface area (Å²) in [5, 5.41) is 39.0. The van der Waals surface area contributed by atoms with Crippen LogP contribution in [0, 0.1) is 0 Å². The Morgan fingerprint density at radius 1 is 1.05 bits per heavy atom. The second kappa shape index (κ2) is 6.58. The maximum Gasteiger partial charge on any atom is 0.0969 e. The zero-order chi connectivity index (χ0) is 14.4. The summed E-state index contributed by atoms with van der Waals surface area (Å²) in [5.41, 5.74) is 0.376. The molecule has 7 nitrogen and oxygen atoms in total. The lowest BCUT2D eigenvalue weighted by Gasteiger charge is -2.28. The minimum atomic E-state index is -1.11. The third kappa shape index (κ3) is 3.20. The predicted molar refractivity (Wildman–Crippen MR) is 72.2 cm³/mol. The van der Waals surface area contributed by atoms with Gasteiger partial charge in [-0.3, -0.25) is 5.32 Å². The van der Waals surface area contributed by atoms with Gasteiger partial charge in [-0.25, -0.2) is 0 Å². The molecule has 0 atom stereocenters. The Balaban J connectivity index is 2.03. The van der Waals surface area contributed by atoms with Crippen LogP contribution in [0.3, 0.4) is 0 Å². The molecule has 0 spiro atoms. The van der Waals surface area contributed by atoms with Crippen molar-refractivity contribution < 1.29 is 15.3 Å². The highest BCUT2D eigenvalue weighted by Gasteiger charge is 2.27. The third-order valence-corrected chi connectivity index (χ3v) is 3.08. The third-order valence-electron chi connectivity index (χ3n) is 3.08. The van der Waals surface area contributed by atoms with Crippen LogP contribution in [0.2, 0.25) is 0 Å². The van der Waals surface area contributed by atoms with E-state index in [4.69, 9.17) is 0 Å². The molecule has 0 saturated heterocycles. The first kappa shape index (κ1) is 14.6. The van der Waals surface area contributed by atoms with Crippen molar-refractivity contribution >= 4 is 0 Å². The minimum absolute atomic E-state index is 0.286. The average Bonchev–Trinajstić information content (AvgIpc) is 2.99. The molecule has 0 unspecified atom stereocenters. The predicted octanol–water partition coefficient (Wildman–Crippen LogP) is -0.927. The summed E-state index contributed by atoms with van der Waals surface area (Å²) in [4.78, 5) is 1.50. The fourth-order valence-corrected chi connectivity index (χ4v) is 1.66. The van der Waals surface area contributed by atoms with Crippen molar-refractivity contribution in [1.82, 2.24) is 20.3 Å². The number of aliphatic hydroxyl groups excluding tert-OH is 3. The van der Waals surface area contributed by atoms with Gasteiger partial charge in [0.15, 0.2) is 0 Å². The molecule has 20 heavy (non-hydrogen) atoms. The SMILES string of the molecule is OCC(CO)(CO)NCc1cnn(-c2ccccc2)n1. The first-order valence-electron chi connectivity index (χ1n) is 6.27. The van der Waals surface area contributed by atoms with Crippen molar-refractivity contribution in [3.05, 3.63) is 42.2 Å². The summed E-state index contributed by atoms with van der Waals surface area (Å²) in [7, 11) is 0. The highest BCUT2D eigenvalue weighted by atomic mass is 16.3. The molecule has 0 fully saturated rings. The Labute approximate surface area is 116 Å². The second-order valence-corrected chi connectivity index (χ2v) is 4.57. The van der Waals surface area contributed by atoms with E-state index in [-0.39, 0.29) is 26.4 Å². The van der Waals surface area contributed by atoms with E-state index in [9.17, 15) is 15.3 Å². The molecule has 108 valence electrons. The molecular weight excluding hydrogens is 260 g/mol. The van der Waals surface area contributed by atoms with Crippen LogP contribution in [-0.4, -0.2) is 55.7 Å². The van der Waals surface area contributed by atoms with Gasteiger partial charge in [0.05, 0.1) is 42.9 Å². The molecule has 1 heterocycles. The lowest BCUT2D eigenvalue weighted by molar-refractivity contribution is 0.0411. The quantitative estimate of drug-likeness (QED) is 0.522. The Morgan fingerprint density at radius 2 is 1.70 bits per heavy atom. The number of aromatic nitrogens is 3. The first-order chi connectivity index (χ1) is 9.73. The van der Waals surface area contributed by atoms with Crippen LogP contribution in [0.5, 0.6) is 0 Å². The highest BCUT2D eigenvalue weighted by molar-refractivity contribution is 5.28. The molecule has 7 heteroatoms. The summed E-state index contributed by atoms with van der Waals surface area (Å²) >= 11 is 0. The zero-order valence-electron chi connectivity index (χ0n) is 11.0. The van der Waals surface area contributed by atoms with Gasteiger partial charge < -0.3 is 15.3 Å². The molecule has 4 N–H and O–H groups in total. The molecule has 2 rings (SSSR count). The van der Waals surface area contributed by atoms with E-state index < -0.39 is 5.54 Å². The molecule has 0 aliphatic heterocycles. The van der Waals surface area contributed by atoms with Crippen LogP contribution in [0.25, 0.3) is 5.69 Å². The maximum absolute atomic E-state index is 9.21. The number of hydrogen-bond acceptors (Lipinski definition) is 6. The van der Waals surface area contributed by atoms with Gasteiger partial charge in [-0.1, -0.05) is 18.2 Å². The number of aliphatic hydroxyl groups is 3. The van der Waals surface area contributed by atoms with Crippen molar-refractivity contribution in [1.29, 1.82) is 0 Å². The molecular formula is C13H18N4O3. The first-order valence-corrected chi connectivity index (χ1v) is 6.27. The highest BCUT2D eigenvalue weighted by Crippen LogP contribution is 2.06. The van der Waals surface area contributed by atoms with Gasteiger partial charge in [-0.05, 0) is 12.1 Å². The zero-order valence-corrected chi connectivity index (χ0v) is 11.0. The number of hydrogen-bond donors (Lipinski definition) is 4. The number of benzene rings is 1. The van der Waals surface area contributed by atoms with Crippen LogP contribution < -0.4 is 5.32 Å². The molecule has 0 saturated carbocycles. The molecule has 2 aromatic rings. The standard InChI is InChI=1S/C13H18N4O3/c18-8-13(9-19,10-20)14-6-11-7-15-17(16-11)12-4-2-1-3-5-12/h1-5,7,14,18-20H,6,8-10H2. The Bertz CT molecular complexity index is 517. The minimum Gasteiger partial charge on any atom is -0.394 e. The lowest BCUT2D eigenvalue weighted by atomic mass is 10.0. The lowest BCUT2D eigenvalue weighted by Crippen LogP contribution is -2.54. The van der Waals surface area contributed by atoms with Gasteiger partial charge >= 0.3 is 0 Å². The summed E-state index contributed by atoms with van der Waals surface area (Å²) in [6.07, 6.45) is 1.59. The molecule has 0 radical (unpaired) electrons. The molecule has 0 amide bonds. The Kier molecular flexibility index (Phi) is 4.80. The van der Waals surface area contributed by atoms with Crippen molar-refractivity contribution in [2.45, 2.75) is 12.1 Å². The van der Waals surface area contributed by atoms with Crippen LogP contribution in [-0.2, 0) is 6.54 Å². The molecule has 0 aliphatic rings. The normalized spacial score (nSPS) is 11.8. The van der Waals surface area contributed by atoms with E-state index >= 15 is 0 Å². The van der Waals surface area contributed by atoms with Gasteiger partial charge in [0.1, 0.15) is 0 Å². The van der Waals surface area contributed by atoms with E-state index in [1.165, 1.54) is 4.80 Å². The van der Waals surface area contributed by atoms with Crippen LogP contribution in [0.1, 0.15) is 5.69 Å². The van der Waals surface area contributed by atoms with Crippen LogP contribution >= 0.6 is 0 Å². The van der Waals surface area contributed by atoms with E-state index in [2.05, 4.69) is 15.5 Å². The number of rotatable bonds is 7. The second-order valence-electron chi connectivity index (χ2n) is 4.57. The molecule has 0 bridgehead atoms. The van der Waals surface area contributed by atoms with Gasteiger partial charge in [0.25, 0.3) is 0 Å². The Morgan fingerprint density at radius 3 is 2.30 bits per heavy atom. The van der Waals surface area contributed by atoms with E-state index in [1.54, 1.807) is 6.20 Å². The van der Waals surface area contributed by atoms with Gasteiger partial charge in [0.2, 0.25) is 0 Å². The fraction of sp³-hybridized carbons (Fsp3) is 0.385.